The molecule has 0 saturated heterocycles. The van der Waals surface area contributed by atoms with Crippen molar-refractivity contribution in [2.24, 2.45) is 4.99 Å². The molecule has 0 amide bonds. The average molecular weight is 978 g/mol. The molecule has 6 rings (SSSR count). The number of nitrogens with one attached hydrogen (secondary N) is 2. The van der Waals surface area contributed by atoms with Crippen molar-refractivity contribution < 1.29 is 49.0 Å². The molecule has 18 heteroatoms. The number of halogens is 2. The van der Waals surface area contributed by atoms with Crippen molar-refractivity contribution in [1.82, 2.24) is 20.6 Å². The van der Waals surface area contributed by atoms with Crippen LogP contribution in [0.4, 0.5) is 0 Å². The molecule has 2 atom stereocenters. The van der Waals surface area contributed by atoms with Gasteiger partial charge in [0.05, 0.1) is 28.8 Å². The Morgan fingerprint density at radius 2 is 1.13 bits per heavy atom. The van der Waals surface area contributed by atoms with Crippen molar-refractivity contribution in [3.63, 3.8) is 0 Å². The lowest BCUT2D eigenvalue weighted by Gasteiger charge is -2.19. The number of aliphatic hydroxyl groups excluding tert-OH is 2. The van der Waals surface area contributed by atoms with E-state index in [1.807, 2.05) is 56.3 Å². The normalized spacial score (nSPS) is 12.0. The summed E-state index contributed by atoms with van der Waals surface area (Å²) in [5.41, 5.74) is 9.28. The van der Waals surface area contributed by atoms with Crippen LogP contribution in [0.1, 0.15) is 55.6 Å². The van der Waals surface area contributed by atoms with E-state index in [4.69, 9.17) is 42.1 Å². The molecule has 16 nitrogen and oxygen atoms in total. The Balaban J connectivity index is 1.20. The first-order chi connectivity index (χ1) is 33.3. The van der Waals surface area contributed by atoms with Gasteiger partial charge >= 0.3 is 11.9 Å². The van der Waals surface area contributed by atoms with Crippen LogP contribution in [-0.4, -0.2) is 80.9 Å². The summed E-state index contributed by atoms with van der Waals surface area (Å²) in [4.78, 5) is 35.6. The van der Waals surface area contributed by atoms with Gasteiger partial charge < -0.3 is 39.4 Å². The van der Waals surface area contributed by atoms with Crippen molar-refractivity contribution in [1.29, 1.82) is 5.26 Å². The average Bonchev–Trinajstić information content (AvgIpc) is 3.34. The zero-order valence-corrected chi connectivity index (χ0v) is 39.4. The van der Waals surface area contributed by atoms with Gasteiger partial charge in [-0.05, 0) is 71.5 Å². The van der Waals surface area contributed by atoms with E-state index >= 15 is 0 Å². The number of benzene rings is 4. The van der Waals surface area contributed by atoms with E-state index in [1.165, 1.54) is 6.20 Å². The van der Waals surface area contributed by atoms with Gasteiger partial charge in [0.1, 0.15) is 67.6 Å². The predicted octanol–water partition coefficient (Wildman–Crippen LogP) is 7.37. The lowest BCUT2D eigenvalue weighted by atomic mass is 9.92. The number of ether oxygens (including phenoxy) is 4. The third-order valence-corrected chi connectivity index (χ3v) is 11.6. The van der Waals surface area contributed by atoms with Crippen molar-refractivity contribution in [2.75, 3.05) is 20.3 Å². The number of aromatic nitrogens is 2. The highest BCUT2D eigenvalue weighted by molar-refractivity contribution is 6.32. The van der Waals surface area contributed by atoms with Crippen LogP contribution in [-0.2, 0) is 49.1 Å². The highest BCUT2D eigenvalue weighted by Gasteiger charge is 2.21. The van der Waals surface area contributed by atoms with Gasteiger partial charge in [-0.1, -0.05) is 59.6 Å². The summed E-state index contributed by atoms with van der Waals surface area (Å²) in [6.45, 7) is 3.29. The first kappa shape index (κ1) is 51.3. The fourth-order valence-corrected chi connectivity index (χ4v) is 7.66. The number of pyridine rings is 2. The third kappa shape index (κ3) is 13.8. The van der Waals surface area contributed by atoms with E-state index in [0.29, 0.717) is 45.3 Å². The minimum absolute atomic E-state index is 0.00649. The maximum atomic E-state index is 11.6. The van der Waals surface area contributed by atoms with Crippen molar-refractivity contribution >= 4 is 41.4 Å². The maximum absolute atomic E-state index is 11.6. The molecule has 0 bridgehead atoms. The number of nitriles is 1. The topological polar surface area (TPSA) is 238 Å². The molecule has 0 aliphatic carbocycles. The standard InChI is InChI=1S/C51H50Cl2N6O10/c1-30-36(28-68-48-14-46(66-26-34-10-32(16-54)18-56-20-34)38(12-42(48)52)22-58-44(24-60)50(62)63)6-4-8-40(30)41-9-5-7-37(31(41)2)29-69-49-15-47(67-27-35-11-33(17-55-3)19-57-21-35)39(13-43(49)53)23-59-45(25-61)51(64)65/h4-15,17-21,44-45,58-61H,22-29H2,1-3H3,(H,62,63)(H,64,65)/t44-,45+/m0/s1. The van der Waals surface area contributed by atoms with Gasteiger partial charge in [-0.3, -0.25) is 35.2 Å². The number of rotatable bonds is 24. The van der Waals surface area contributed by atoms with E-state index in [1.54, 1.807) is 62.2 Å². The summed E-state index contributed by atoms with van der Waals surface area (Å²) in [6.07, 6.45) is 8.05. The number of aliphatic imine (C=N–C) groups is 1. The molecule has 6 N–H and O–H groups in total. The van der Waals surface area contributed by atoms with Gasteiger partial charge in [-0.25, -0.2) is 0 Å². The predicted molar refractivity (Wildman–Crippen MR) is 259 cm³/mol. The highest BCUT2D eigenvalue weighted by Crippen LogP contribution is 2.37. The molecule has 358 valence electrons. The van der Waals surface area contributed by atoms with Crippen LogP contribution in [0.5, 0.6) is 23.0 Å². The van der Waals surface area contributed by atoms with E-state index < -0.39 is 37.2 Å². The molecule has 0 spiro atoms. The lowest BCUT2D eigenvalue weighted by Crippen LogP contribution is -2.39. The van der Waals surface area contributed by atoms with Gasteiger partial charge in [-0.15, -0.1) is 0 Å². The Hall–Kier alpha value is -7.10. The second-order valence-electron chi connectivity index (χ2n) is 15.7. The zero-order chi connectivity index (χ0) is 49.5. The smallest absolute Gasteiger partial charge is 0.323 e. The highest BCUT2D eigenvalue weighted by atomic mass is 35.5. The van der Waals surface area contributed by atoms with E-state index in [2.05, 4.69) is 31.7 Å². The Labute approximate surface area is 408 Å². The van der Waals surface area contributed by atoms with Crippen molar-refractivity contribution in [3.05, 3.63) is 163 Å². The Morgan fingerprint density at radius 3 is 1.58 bits per heavy atom. The number of carbonyl (C=O) groups is 2. The summed E-state index contributed by atoms with van der Waals surface area (Å²) in [7, 11) is 1.67. The van der Waals surface area contributed by atoms with Crippen LogP contribution >= 0.6 is 23.2 Å². The van der Waals surface area contributed by atoms with Gasteiger partial charge in [0.15, 0.2) is 0 Å². The van der Waals surface area contributed by atoms with Gasteiger partial charge in [0, 0.05) is 91.1 Å². The first-order valence-electron chi connectivity index (χ1n) is 21.5. The largest absolute Gasteiger partial charge is 0.488 e. The van der Waals surface area contributed by atoms with Crippen molar-refractivity contribution in [2.45, 2.75) is 65.4 Å². The van der Waals surface area contributed by atoms with Crippen LogP contribution in [0.2, 0.25) is 10.0 Å². The fourth-order valence-electron chi connectivity index (χ4n) is 7.17. The zero-order valence-electron chi connectivity index (χ0n) is 37.9. The van der Waals surface area contributed by atoms with Crippen LogP contribution in [0.15, 0.2) is 103 Å². The number of hydrogen-bond acceptors (Lipinski definition) is 14. The molecule has 0 fully saturated rings. The Morgan fingerprint density at radius 1 is 0.667 bits per heavy atom. The molecule has 6 aromatic rings. The fraction of sp³-hybridized carbons (Fsp3) is 0.255. The van der Waals surface area contributed by atoms with E-state index in [-0.39, 0.29) is 49.6 Å². The number of hydrogen-bond donors (Lipinski definition) is 6. The summed E-state index contributed by atoms with van der Waals surface area (Å²) in [5.74, 6) is -1.02. The summed E-state index contributed by atoms with van der Waals surface area (Å²) < 4.78 is 25.1. The lowest BCUT2D eigenvalue weighted by molar-refractivity contribution is -0.141. The molecule has 0 aliphatic heterocycles. The SMILES string of the molecule is CN=Cc1cncc(COc2cc(OCc3cccc(-c4cccc(COc5cc(OCc6cncc(C#N)c6)c(CN[C@@H](CO)C(=O)O)cc5Cl)c4C)c3C)c(Cl)cc2CN[C@H](CO)C(=O)O)c1. The van der Waals surface area contributed by atoms with Crippen molar-refractivity contribution in [3.8, 4) is 40.2 Å². The molecule has 0 unspecified atom stereocenters. The summed E-state index contributed by atoms with van der Waals surface area (Å²) >= 11 is 13.5. The van der Waals surface area contributed by atoms with Crippen LogP contribution in [0, 0.1) is 25.2 Å². The Kier molecular flexibility index (Phi) is 18.4. The monoisotopic (exact) mass is 976 g/mol. The molecule has 4 aromatic carbocycles. The number of aliphatic hydroxyl groups is 2. The third-order valence-electron chi connectivity index (χ3n) is 11.0. The molecule has 69 heavy (non-hydrogen) atoms. The minimum atomic E-state index is -1.22. The summed E-state index contributed by atoms with van der Waals surface area (Å²) in [6, 6.07) is 21.6. The van der Waals surface area contributed by atoms with Crippen LogP contribution in [0.25, 0.3) is 11.1 Å². The minimum Gasteiger partial charge on any atom is -0.488 e. The number of nitrogens with zero attached hydrogens (tertiary/aromatic N) is 4. The van der Waals surface area contributed by atoms with Gasteiger partial charge in [0.2, 0.25) is 0 Å². The van der Waals surface area contributed by atoms with Crippen LogP contribution < -0.4 is 29.6 Å². The Bertz CT molecular complexity index is 2860. The molecule has 0 saturated carbocycles. The second-order valence-corrected chi connectivity index (χ2v) is 16.5. The summed E-state index contributed by atoms with van der Waals surface area (Å²) in [5, 5.41) is 53.6. The van der Waals surface area contributed by atoms with Gasteiger partial charge in [-0.2, -0.15) is 5.26 Å². The molecule has 0 radical (unpaired) electrons. The number of aliphatic carboxylic acids is 2. The molecular formula is C51H50Cl2N6O10. The maximum Gasteiger partial charge on any atom is 0.323 e. The number of carboxylic acid groups (broad SMARTS) is 2. The quantitative estimate of drug-likeness (QED) is 0.0325. The van der Waals surface area contributed by atoms with Crippen LogP contribution in [0.3, 0.4) is 0 Å². The first-order valence-corrected chi connectivity index (χ1v) is 22.2. The van der Waals surface area contributed by atoms with E-state index in [9.17, 15) is 35.3 Å². The number of carboxylic acids is 2. The molecule has 2 heterocycles. The molecular weight excluding hydrogens is 927 g/mol. The van der Waals surface area contributed by atoms with Gasteiger partial charge in [0.25, 0.3) is 0 Å². The molecule has 0 aliphatic rings. The second kappa shape index (κ2) is 24.8. The molecule has 2 aromatic heterocycles. The van der Waals surface area contributed by atoms with E-state index in [0.717, 1.165) is 44.5 Å².